The van der Waals surface area contributed by atoms with Gasteiger partial charge in [0.05, 0.1) is 0 Å². The number of halogens is 1. The molecule has 27 heavy (non-hydrogen) atoms. The number of rotatable bonds is 6. The van der Waals surface area contributed by atoms with E-state index in [0.29, 0.717) is 0 Å². The Kier molecular flexibility index (Phi) is 6.04. The zero-order valence-corrected chi connectivity index (χ0v) is 16.2. The first-order valence-electron chi connectivity index (χ1n) is 8.25. The van der Waals surface area contributed by atoms with Gasteiger partial charge in [0.1, 0.15) is 0 Å². The number of anilines is 1. The summed E-state index contributed by atoms with van der Waals surface area (Å²) in [5.41, 5.74) is 4.77. The average Bonchev–Trinajstić information content (AvgIpc) is 2.91. The molecule has 0 aliphatic carbocycles. The molecule has 1 aromatic rings. The van der Waals surface area contributed by atoms with E-state index in [0.717, 1.165) is 16.3 Å². The van der Waals surface area contributed by atoms with Crippen molar-refractivity contribution in [2.45, 2.75) is 36.2 Å². The average molecular weight is 425 g/mol. The second-order valence-electron chi connectivity index (χ2n) is 6.35. The van der Waals surface area contributed by atoms with E-state index in [-0.39, 0.29) is 25.5 Å². The van der Waals surface area contributed by atoms with Crippen LogP contribution in [0.3, 0.4) is 0 Å². The van der Waals surface area contributed by atoms with Crippen LogP contribution < -0.4 is 11.4 Å². The van der Waals surface area contributed by atoms with Crippen molar-refractivity contribution in [2.24, 2.45) is 5.92 Å². The van der Waals surface area contributed by atoms with Crippen molar-refractivity contribution in [1.29, 1.82) is 0 Å². The first-order chi connectivity index (χ1) is 12.7. The Morgan fingerprint density at radius 3 is 3.07 bits per heavy atom. The van der Waals surface area contributed by atoms with Gasteiger partial charge in [0, 0.05) is 0 Å². The number of carboxylic acid groups (broad SMARTS) is 1. The topological polar surface area (TPSA) is 146 Å². The van der Waals surface area contributed by atoms with Crippen molar-refractivity contribution in [2.75, 3.05) is 18.9 Å². The normalized spacial score (nSPS) is 31.8. The van der Waals surface area contributed by atoms with Crippen LogP contribution in [0.4, 0.5) is 10.2 Å². The van der Waals surface area contributed by atoms with Gasteiger partial charge in [0.15, 0.2) is 0 Å². The van der Waals surface area contributed by atoms with Crippen LogP contribution in [0.2, 0.25) is 0 Å². The number of hydrogen-bond acceptors (Lipinski definition) is 9. The van der Waals surface area contributed by atoms with Crippen molar-refractivity contribution in [1.82, 2.24) is 9.55 Å². The van der Waals surface area contributed by atoms with E-state index < -0.39 is 48.6 Å². The fourth-order valence-electron chi connectivity index (χ4n) is 2.77. The Morgan fingerprint density at radius 1 is 1.67 bits per heavy atom. The monoisotopic (exact) mass is 425 g/mol. The second-order valence-corrected chi connectivity index (χ2v) is 9.57. The van der Waals surface area contributed by atoms with E-state index in [4.69, 9.17) is 24.4 Å². The number of aromatic nitrogens is 2. The second kappa shape index (κ2) is 7.98. The number of aliphatic carboxylic acids is 1. The predicted molar refractivity (Wildman–Crippen MR) is 96.9 cm³/mol. The Balaban J connectivity index is 1.65. The third-order valence-electron chi connectivity index (χ3n) is 4.36. The zero-order valence-electron chi connectivity index (χ0n) is 14.4. The molecule has 2 fully saturated rings. The number of thioether (sulfide) groups is 1. The molecular weight excluding hydrogens is 404 g/mol. The minimum absolute atomic E-state index is 0.0133. The van der Waals surface area contributed by atoms with Gasteiger partial charge in [-0.05, 0) is 0 Å². The zero-order chi connectivity index (χ0) is 19.8. The summed E-state index contributed by atoms with van der Waals surface area (Å²) in [5.74, 6) is -1.61. The van der Waals surface area contributed by atoms with Crippen LogP contribution in [0.15, 0.2) is 17.1 Å². The molecule has 0 bridgehead atoms. The molecule has 0 radical (unpaired) electrons. The fraction of sp³-hybridized carbons (Fsp3) is 0.643. The molecule has 152 valence electrons. The van der Waals surface area contributed by atoms with E-state index in [1.54, 1.807) is 0 Å². The first-order valence-corrected chi connectivity index (χ1v) is 10.9. The van der Waals surface area contributed by atoms with Crippen molar-refractivity contribution < 1.29 is 32.8 Å². The van der Waals surface area contributed by atoms with E-state index in [9.17, 15) is 18.9 Å². The summed E-state index contributed by atoms with van der Waals surface area (Å²) in [6, 6.07) is 1.39. The van der Waals surface area contributed by atoms with Gasteiger partial charge in [0.2, 0.25) is 0 Å². The van der Waals surface area contributed by atoms with E-state index >= 15 is 0 Å². The SMILES string of the molecule is C[C@H](CCO[PH]1(O)OC[C@H]2S[C@@H](n3ccc(N)nc3=O)[C@@H](F)[C@@H]2O1)C(=O)O. The number of carbonyl (C=O) groups is 1. The van der Waals surface area contributed by atoms with Gasteiger partial charge >= 0.3 is 158 Å². The molecule has 4 N–H and O–H groups in total. The maximum absolute atomic E-state index is 14.9. The van der Waals surface area contributed by atoms with Gasteiger partial charge in [0.25, 0.3) is 0 Å². The van der Waals surface area contributed by atoms with Gasteiger partial charge in [-0.1, -0.05) is 0 Å². The quantitative estimate of drug-likeness (QED) is 0.557. The molecule has 3 rings (SSSR count). The molecule has 0 unspecified atom stereocenters. The molecule has 0 aromatic carbocycles. The van der Waals surface area contributed by atoms with E-state index in [2.05, 4.69) is 4.98 Å². The summed E-state index contributed by atoms with van der Waals surface area (Å²) in [7, 11) is -4.09. The van der Waals surface area contributed by atoms with Gasteiger partial charge < -0.3 is 0 Å². The maximum atomic E-state index is 14.9. The molecule has 1 aromatic heterocycles. The van der Waals surface area contributed by atoms with Crippen molar-refractivity contribution in [3.63, 3.8) is 0 Å². The molecule has 2 aliphatic rings. The molecule has 2 aliphatic heterocycles. The summed E-state index contributed by atoms with van der Waals surface area (Å²) in [6.07, 6.45) is -1.12. The first kappa shape index (κ1) is 20.4. The van der Waals surface area contributed by atoms with Crippen molar-refractivity contribution >= 4 is 31.7 Å². The molecule has 3 heterocycles. The fourth-order valence-corrected chi connectivity index (χ4v) is 6.07. The number of nitrogens with zero attached hydrogens (tertiary/aromatic N) is 2. The van der Waals surface area contributed by atoms with E-state index in [1.807, 2.05) is 0 Å². The molecule has 2 saturated heterocycles. The number of hydrogen-bond donors (Lipinski definition) is 3. The van der Waals surface area contributed by atoms with Gasteiger partial charge in [-0.2, -0.15) is 0 Å². The van der Waals surface area contributed by atoms with E-state index in [1.165, 1.54) is 19.2 Å². The molecule has 5 atom stereocenters. The number of alkyl halides is 1. The Hall–Kier alpha value is -1.30. The summed E-state index contributed by atoms with van der Waals surface area (Å²) in [6.45, 7) is 1.40. The molecule has 0 amide bonds. The van der Waals surface area contributed by atoms with Crippen LogP contribution in [0.25, 0.3) is 0 Å². The van der Waals surface area contributed by atoms with Crippen molar-refractivity contribution in [3.05, 3.63) is 22.7 Å². The van der Waals surface area contributed by atoms with Gasteiger partial charge in [-0.3, -0.25) is 0 Å². The summed E-state index contributed by atoms with van der Waals surface area (Å²) < 4.78 is 32.0. The number of fused-ring (bicyclic) bond motifs is 1. The Morgan fingerprint density at radius 2 is 2.41 bits per heavy atom. The third-order valence-corrected chi connectivity index (χ3v) is 7.55. The minimum atomic E-state index is -4.09. The van der Waals surface area contributed by atoms with Crippen LogP contribution in [0, 0.1) is 5.92 Å². The van der Waals surface area contributed by atoms with Gasteiger partial charge in [-0.15, -0.1) is 0 Å². The summed E-state index contributed by atoms with van der Waals surface area (Å²) >= 11 is 1.14. The number of nitrogens with two attached hydrogens (primary N) is 1. The van der Waals surface area contributed by atoms with Crippen LogP contribution in [0.1, 0.15) is 18.7 Å². The number of carboxylic acids is 1. The van der Waals surface area contributed by atoms with Gasteiger partial charge in [-0.25, -0.2) is 0 Å². The van der Waals surface area contributed by atoms with Crippen LogP contribution in [0.5, 0.6) is 0 Å². The summed E-state index contributed by atoms with van der Waals surface area (Å²) in [4.78, 5) is 36.8. The summed E-state index contributed by atoms with van der Waals surface area (Å²) in [5, 5.41) is 7.52. The van der Waals surface area contributed by atoms with Crippen molar-refractivity contribution in [3.8, 4) is 0 Å². The standard InChI is InChI=1S/C14H21FN3O7PS/c1-7(13(19)20)3-5-23-26(22)24-6-8-11(25-26)10(15)12(27-8)18-4-2-9(16)17-14(18)21/h2,4,7-8,10-12,22,26H,3,5-6H2,1H3,(H,19,20)(H2,16,17,21)/t7-,8-,10+,11-,12-/m1/s1. The molecule has 10 nitrogen and oxygen atoms in total. The molecule has 0 saturated carbocycles. The third kappa shape index (κ3) is 4.41. The predicted octanol–water partition coefficient (Wildman–Crippen LogP) is 0.723. The molecular formula is C14H21FN3O7PS. The van der Waals surface area contributed by atoms with Crippen LogP contribution in [-0.2, 0) is 18.4 Å². The molecule has 13 heteroatoms. The van der Waals surface area contributed by atoms with Crippen LogP contribution >= 0.6 is 19.9 Å². The molecule has 0 spiro atoms. The Bertz CT molecular complexity index is 770. The van der Waals surface area contributed by atoms with Crippen LogP contribution in [-0.4, -0.2) is 56.3 Å². The number of nitrogen functional groups attached to an aromatic ring is 1. The Labute approximate surface area is 158 Å².